The smallest absolute Gasteiger partial charge is 0.412 e. The van der Waals surface area contributed by atoms with E-state index in [1.807, 2.05) is 36.4 Å². The van der Waals surface area contributed by atoms with Crippen LogP contribution in [0.1, 0.15) is 45.4 Å². The minimum atomic E-state index is -1.01. The maximum absolute atomic E-state index is 14.2. The molecule has 11 heteroatoms. The molecule has 0 aliphatic carbocycles. The fourth-order valence-corrected chi connectivity index (χ4v) is 5.70. The quantitative estimate of drug-likeness (QED) is 0.437. The standard InChI is InChI=1S/C28H27FN4O5S/c1-2-37-27(35)22-17-39-25(31-22)21-15-32(28(36)38-16-18-7-4-3-5-8-18)26(33-14-6-13-30-33)24(34)23(21)19-9-11-20(29)12-10-19/h3-12,14,17,21,23,26,30H,2,13,15-16H2,1H3. The summed E-state index contributed by atoms with van der Waals surface area (Å²) in [6, 6.07) is 15.0. The molecular formula is C28H27FN4O5S. The number of nitrogens with zero attached hydrogens (tertiary/aromatic N) is 3. The Hall–Kier alpha value is -4.09. The van der Waals surface area contributed by atoms with Crippen molar-refractivity contribution in [3.8, 4) is 0 Å². The van der Waals surface area contributed by atoms with Gasteiger partial charge >= 0.3 is 12.1 Å². The second kappa shape index (κ2) is 11.7. The van der Waals surface area contributed by atoms with Crippen LogP contribution in [0.3, 0.4) is 0 Å². The van der Waals surface area contributed by atoms with E-state index >= 15 is 0 Å². The number of halogens is 1. The molecule has 3 unspecified atom stereocenters. The van der Waals surface area contributed by atoms with Crippen molar-refractivity contribution in [2.24, 2.45) is 0 Å². The van der Waals surface area contributed by atoms with Crippen LogP contribution >= 0.6 is 11.3 Å². The number of piperidine rings is 1. The van der Waals surface area contributed by atoms with Gasteiger partial charge in [-0.05, 0) is 30.2 Å². The Morgan fingerprint density at radius 1 is 1.13 bits per heavy atom. The van der Waals surface area contributed by atoms with Crippen LogP contribution in [0.15, 0.2) is 72.3 Å². The first-order chi connectivity index (χ1) is 19.0. The lowest BCUT2D eigenvalue weighted by Gasteiger charge is -2.44. The maximum atomic E-state index is 14.2. The van der Waals surface area contributed by atoms with E-state index in [1.165, 1.54) is 28.4 Å². The monoisotopic (exact) mass is 550 g/mol. The van der Waals surface area contributed by atoms with E-state index in [-0.39, 0.29) is 31.2 Å². The van der Waals surface area contributed by atoms with Crippen LogP contribution in [-0.4, -0.2) is 58.6 Å². The first kappa shape index (κ1) is 26.5. The minimum Gasteiger partial charge on any atom is -0.461 e. The highest BCUT2D eigenvalue weighted by Crippen LogP contribution is 2.42. The fourth-order valence-electron chi connectivity index (χ4n) is 4.78. The number of aromatic nitrogens is 1. The summed E-state index contributed by atoms with van der Waals surface area (Å²) < 4.78 is 24.5. The summed E-state index contributed by atoms with van der Waals surface area (Å²) in [4.78, 5) is 45.9. The van der Waals surface area contributed by atoms with Crippen molar-refractivity contribution >= 4 is 29.2 Å². The van der Waals surface area contributed by atoms with Gasteiger partial charge in [-0.25, -0.2) is 24.4 Å². The molecule has 3 aromatic rings. The number of hydrazine groups is 1. The molecule has 2 aliphatic heterocycles. The van der Waals surface area contributed by atoms with Gasteiger partial charge in [0.1, 0.15) is 12.4 Å². The van der Waals surface area contributed by atoms with Crippen LogP contribution in [-0.2, 0) is 20.9 Å². The highest BCUT2D eigenvalue weighted by atomic mass is 32.1. The number of carbonyl (C=O) groups is 3. The Bertz CT molecular complexity index is 1360. The van der Waals surface area contributed by atoms with Crippen molar-refractivity contribution in [2.75, 3.05) is 19.7 Å². The third-order valence-electron chi connectivity index (χ3n) is 6.57. The lowest BCUT2D eigenvalue weighted by molar-refractivity contribution is -0.136. The third kappa shape index (κ3) is 5.69. The summed E-state index contributed by atoms with van der Waals surface area (Å²) in [7, 11) is 0. The second-order valence-corrected chi connectivity index (χ2v) is 9.94. The molecule has 0 radical (unpaired) electrons. The third-order valence-corrected chi connectivity index (χ3v) is 7.54. The largest absolute Gasteiger partial charge is 0.461 e. The summed E-state index contributed by atoms with van der Waals surface area (Å²) in [5.41, 5.74) is 4.63. The summed E-state index contributed by atoms with van der Waals surface area (Å²) >= 11 is 1.21. The first-order valence-electron chi connectivity index (χ1n) is 12.5. The molecule has 1 aromatic heterocycles. The van der Waals surface area contributed by atoms with Crippen molar-refractivity contribution < 1.29 is 28.2 Å². The van der Waals surface area contributed by atoms with Crippen molar-refractivity contribution in [1.29, 1.82) is 0 Å². The predicted octanol–water partition coefficient (Wildman–Crippen LogP) is 4.21. The maximum Gasteiger partial charge on any atom is 0.412 e. The number of hydrogen-bond donors (Lipinski definition) is 1. The van der Waals surface area contributed by atoms with E-state index < -0.39 is 35.9 Å². The zero-order valence-corrected chi connectivity index (χ0v) is 22.0. The van der Waals surface area contributed by atoms with Gasteiger partial charge in [-0.1, -0.05) is 48.5 Å². The van der Waals surface area contributed by atoms with Crippen LogP contribution in [0, 0.1) is 5.82 Å². The van der Waals surface area contributed by atoms with E-state index in [4.69, 9.17) is 9.47 Å². The van der Waals surface area contributed by atoms with E-state index in [0.29, 0.717) is 17.1 Å². The Morgan fingerprint density at radius 2 is 1.90 bits per heavy atom. The molecule has 202 valence electrons. The molecule has 2 aromatic carbocycles. The predicted molar refractivity (Wildman–Crippen MR) is 141 cm³/mol. The van der Waals surface area contributed by atoms with E-state index in [1.54, 1.807) is 35.6 Å². The van der Waals surface area contributed by atoms with Crippen LogP contribution in [0.4, 0.5) is 9.18 Å². The van der Waals surface area contributed by atoms with Crippen LogP contribution < -0.4 is 5.43 Å². The average Bonchev–Trinajstić information content (AvgIpc) is 3.66. The van der Waals surface area contributed by atoms with Crippen LogP contribution in [0.5, 0.6) is 0 Å². The molecule has 5 rings (SSSR count). The molecular weight excluding hydrogens is 523 g/mol. The zero-order chi connectivity index (χ0) is 27.4. The molecule has 3 heterocycles. The minimum absolute atomic E-state index is 0.0384. The number of amides is 1. The van der Waals surface area contributed by atoms with Crippen molar-refractivity contribution in [2.45, 2.75) is 31.5 Å². The molecule has 1 N–H and O–H groups in total. The molecule has 2 aliphatic rings. The van der Waals surface area contributed by atoms with Gasteiger partial charge in [0.25, 0.3) is 0 Å². The Morgan fingerprint density at radius 3 is 2.59 bits per heavy atom. The number of likely N-dealkylation sites (tertiary alicyclic amines) is 1. The van der Waals surface area contributed by atoms with E-state index in [2.05, 4.69) is 10.4 Å². The SMILES string of the molecule is CCOC(=O)c1csc(C2CN(C(=O)OCc3ccccc3)C(N3C=CCN3)C(=O)C2c2ccc(F)cc2)n1. The van der Waals surface area contributed by atoms with Gasteiger partial charge in [-0.15, -0.1) is 11.3 Å². The number of benzene rings is 2. The summed E-state index contributed by atoms with van der Waals surface area (Å²) in [5.74, 6) is -2.65. The van der Waals surface area contributed by atoms with Gasteiger partial charge in [0.2, 0.25) is 0 Å². The van der Waals surface area contributed by atoms with E-state index in [0.717, 1.165) is 5.56 Å². The van der Waals surface area contributed by atoms with Crippen molar-refractivity contribution in [3.05, 3.63) is 99.9 Å². The molecule has 0 bridgehead atoms. The summed E-state index contributed by atoms with van der Waals surface area (Å²) in [6.07, 6.45) is 1.88. The molecule has 9 nitrogen and oxygen atoms in total. The summed E-state index contributed by atoms with van der Waals surface area (Å²) in [6.45, 7) is 2.52. The number of thiazole rings is 1. The number of ketones is 1. The lowest BCUT2D eigenvalue weighted by atomic mass is 9.78. The van der Waals surface area contributed by atoms with Crippen molar-refractivity contribution in [1.82, 2.24) is 20.3 Å². The van der Waals surface area contributed by atoms with Crippen LogP contribution in [0.25, 0.3) is 0 Å². The fraction of sp³-hybridized carbons (Fsp3) is 0.286. The number of nitrogens with one attached hydrogen (secondary N) is 1. The van der Waals surface area contributed by atoms with Gasteiger partial charge in [-0.2, -0.15) is 0 Å². The molecule has 1 fully saturated rings. The second-order valence-electron chi connectivity index (χ2n) is 9.05. The molecule has 1 saturated heterocycles. The Balaban J connectivity index is 1.51. The Kier molecular flexibility index (Phi) is 7.99. The van der Waals surface area contributed by atoms with Gasteiger partial charge < -0.3 is 9.47 Å². The number of hydrogen-bond acceptors (Lipinski definition) is 9. The Labute approximate surface area is 228 Å². The number of esters is 1. The van der Waals surface area contributed by atoms with Gasteiger partial charge in [0.05, 0.1) is 17.5 Å². The average molecular weight is 551 g/mol. The van der Waals surface area contributed by atoms with Gasteiger partial charge in [0, 0.05) is 30.6 Å². The lowest BCUT2D eigenvalue weighted by Crippen LogP contribution is -2.62. The van der Waals surface area contributed by atoms with E-state index in [9.17, 15) is 18.8 Å². The molecule has 0 spiro atoms. The highest BCUT2D eigenvalue weighted by Gasteiger charge is 2.49. The normalized spacial score (nSPS) is 20.8. The molecule has 3 atom stereocenters. The molecule has 0 saturated carbocycles. The summed E-state index contributed by atoms with van der Waals surface area (Å²) in [5, 5.41) is 3.66. The topological polar surface area (TPSA) is 101 Å². The zero-order valence-electron chi connectivity index (χ0n) is 21.2. The van der Waals surface area contributed by atoms with Gasteiger partial charge in [-0.3, -0.25) is 14.7 Å². The highest BCUT2D eigenvalue weighted by molar-refractivity contribution is 7.10. The molecule has 1 amide bonds. The van der Waals surface area contributed by atoms with Crippen molar-refractivity contribution in [3.63, 3.8) is 0 Å². The number of ether oxygens (including phenoxy) is 2. The first-order valence-corrected chi connectivity index (χ1v) is 13.4. The number of Topliss-reactive ketones (excluding diaryl/α,β-unsaturated/α-hetero) is 1. The number of carbonyl (C=O) groups excluding carboxylic acids is 3. The van der Waals surface area contributed by atoms with Crippen LogP contribution in [0.2, 0.25) is 0 Å². The molecule has 39 heavy (non-hydrogen) atoms. The van der Waals surface area contributed by atoms with Gasteiger partial charge in [0.15, 0.2) is 17.6 Å². The number of rotatable bonds is 7.